The van der Waals surface area contributed by atoms with Crippen LogP contribution in [0.3, 0.4) is 0 Å². The van der Waals surface area contributed by atoms with Gasteiger partial charge < -0.3 is 24.8 Å². The largest absolute Gasteiger partial charge is 1.00 e. The molecule has 0 bridgehead atoms. The number of nitrogens with one attached hydrogen (secondary N) is 2. The Kier molecular flexibility index (Phi) is 8.50. The van der Waals surface area contributed by atoms with Crippen LogP contribution in [0, 0.1) is 0 Å². The quantitative estimate of drug-likeness (QED) is 0.417. The van der Waals surface area contributed by atoms with Crippen molar-refractivity contribution in [2.75, 3.05) is 10.6 Å². The van der Waals surface area contributed by atoms with Gasteiger partial charge in [-0.05, 0) is 24.3 Å². The minimum absolute atomic E-state index is 0. The van der Waals surface area contributed by atoms with Crippen molar-refractivity contribution in [2.45, 2.75) is 0 Å². The molecule has 0 fully saturated rings. The second kappa shape index (κ2) is 10.3. The van der Waals surface area contributed by atoms with Crippen LogP contribution in [0.4, 0.5) is 11.6 Å². The Balaban J connectivity index is 0.00000196. The summed E-state index contributed by atoms with van der Waals surface area (Å²) < 4.78 is 3.56. The minimum atomic E-state index is -0.383. The van der Waals surface area contributed by atoms with Gasteiger partial charge in [-0.2, -0.15) is 0 Å². The molecule has 0 aliphatic rings. The molecule has 3 aromatic rings. The molecule has 0 saturated heterocycles. The predicted octanol–water partition coefficient (Wildman–Crippen LogP) is -4.76. The zero-order chi connectivity index (χ0) is 18.5. The number of carbonyl (C=O) groups excluding carboxylic acids is 2. The molecule has 2 amide bonds. The van der Waals surface area contributed by atoms with Gasteiger partial charge in [0.1, 0.15) is 0 Å². The zero-order valence-corrected chi connectivity index (χ0v) is 16.8. The lowest BCUT2D eigenvalue weighted by molar-refractivity contribution is -0.657. The van der Waals surface area contributed by atoms with Crippen molar-refractivity contribution in [2.24, 2.45) is 14.1 Å². The SMILES string of the molecule is C[n+]1ccccc1NC(=O)c1cccc(C(=O)Nc2cccc[n+]2C)n1.[Cl-].[Cl-]. The molecule has 0 atom stereocenters. The van der Waals surface area contributed by atoms with E-state index in [1.54, 1.807) is 39.5 Å². The number of amides is 2. The van der Waals surface area contributed by atoms with Gasteiger partial charge in [-0.1, -0.05) is 18.2 Å². The summed E-state index contributed by atoms with van der Waals surface area (Å²) in [5.41, 5.74) is 0.331. The first kappa shape index (κ1) is 23.0. The molecule has 0 aliphatic carbocycles. The van der Waals surface area contributed by atoms with Crippen molar-refractivity contribution >= 4 is 23.5 Å². The van der Waals surface area contributed by atoms with E-state index < -0.39 is 0 Å². The van der Waals surface area contributed by atoms with E-state index in [4.69, 9.17) is 0 Å². The van der Waals surface area contributed by atoms with Crippen LogP contribution < -0.4 is 44.6 Å². The number of aromatic nitrogens is 3. The zero-order valence-electron chi connectivity index (χ0n) is 15.3. The number of halogens is 2. The van der Waals surface area contributed by atoms with Crippen molar-refractivity contribution in [1.29, 1.82) is 0 Å². The van der Waals surface area contributed by atoms with Crippen LogP contribution in [0.25, 0.3) is 0 Å². The molecule has 0 unspecified atom stereocenters. The van der Waals surface area contributed by atoms with Gasteiger partial charge in [0.15, 0.2) is 11.4 Å². The monoisotopic (exact) mass is 419 g/mol. The molecule has 146 valence electrons. The minimum Gasteiger partial charge on any atom is -1.00 e. The van der Waals surface area contributed by atoms with Gasteiger partial charge in [-0.25, -0.2) is 34.3 Å². The fourth-order valence-corrected chi connectivity index (χ4v) is 2.35. The molecule has 0 radical (unpaired) electrons. The van der Waals surface area contributed by atoms with Gasteiger partial charge in [0, 0.05) is 12.1 Å². The summed E-state index contributed by atoms with van der Waals surface area (Å²) in [6.07, 6.45) is 3.65. The topological polar surface area (TPSA) is 78.9 Å². The van der Waals surface area contributed by atoms with Gasteiger partial charge in [-0.15, -0.1) is 0 Å². The maximum atomic E-state index is 12.4. The summed E-state index contributed by atoms with van der Waals surface area (Å²) in [6.45, 7) is 0. The highest BCUT2D eigenvalue weighted by Crippen LogP contribution is 2.06. The van der Waals surface area contributed by atoms with E-state index in [1.807, 2.05) is 50.8 Å². The van der Waals surface area contributed by atoms with Crippen molar-refractivity contribution in [3.8, 4) is 0 Å². The summed E-state index contributed by atoms with van der Waals surface area (Å²) in [4.78, 5) is 29.0. The number of hydrogen-bond acceptors (Lipinski definition) is 3. The number of rotatable bonds is 4. The summed E-state index contributed by atoms with van der Waals surface area (Å²) >= 11 is 0. The fraction of sp³-hybridized carbons (Fsp3) is 0.105. The third-order valence-corrected chi connectivity index (χ3v) is 3.81. The van der Waals surface area contributed by atoms with Crippen LogP contribution in [-0.2, 0) is 14.1 Å². The average Bonchev–Trinajstić information content (AvgIpc) is 2.65. The molecular weight excluding hydrogens is 401 g/mol. The molecule has 2 N–H and O–H groups in total. The predicted molar refractivity (Wildman–Crippen MR) is 95.4 cm³/mol. The molecule has 0 spiro atoms. The van der Waals surface area contributed by atoms with Crippen LogP contribution >= 0.6 is 0 Å². The third-order valence-electron chi connectivity index (χ3n) is 3.81. The van der Waals surface area contributed by atoms with Crippen LogP contribution in [0.15, 0.2) is 67.0 Å². The molecule has 0 aromatic carbocycles. The molecule has 9 heteroatoms. The lowest BCUT2D eigenvalue weighted by Crippen LogP contribution is -3.00. The van der Waals surface area contributed by atoms with Crippen molar-refractivity contribution in [1.82, 2.24) is 4.98 Å². The Morgan fingerprint density at radius 2 is 1.14 bits per heavy atom. The van der Waals surface area contributed by atoms with Gasteiger partial charge in [0.25, 0.3) is 11.6 Å². The van der Waals surface area contributed by atoms with Crippen LogP contribution in [0.5, 0.6) is 0 Å². The van der Waals surface area contributed by atoms with Crippen molar-refractivity contribution in [3.05, 3.63) is 78.4 Å². The van der Waals surface area contributed by atoms with Crippen LogP contribution in [0.2, 0.25) is 0 Å². The Labute approximate surface area is 175 Å². The molecule has 3 aromatic heterocycles. The van der Waals surface area contributed by atoms with E-state index in [0.717, 1.165) is 0 Å². The average molecular weight is 420 g/mol. The second-order valence-corrected chi connectivity index (χ2v) is 5.71. The Morgan fingerprint density at radius 1 is 0.714 bits per heavy atom. The second-order valence-electron chi connectivity index (χ2n) is 5.71. The first-order valence-electron chi connectivity index (χ1n) is 8.03. The Morgan fingerprint density at radius 3 is 1.54 bits per heavy atom. The summed E-state index contributed by atoms with van der Waals surface area (Å²) in [6, 6.07) is 15.7. The number of nitrogens with zero attached hydrogens (tertiary/aromatic N) is 3. The van der Waals surface area contributed by atoms with Crippen LogP contribution in [-0.4, -0.2) is 16.8 Å². The van der Waals surface area contributed by atoms with E-state index >= 15 is 0 Å². The Hall–Kier alpha value is -3.03. The maximum Gasteiger partial charge on any atom is 0.357 e. The standard InChI is InChI=1S/C19H17N5O2.2ClH/c1-23-12-5-3-10-16(23)21-18(25)14-8-7-9-15(20-14)19(26)22-17-11-4-6-13-24(17)2;;/h3-13H,1-2H3;2*1H. The highest BCUT2D eigenvalue weighted by Gasteiger charge is 2.20. The summed E-state index contributed by atoms with van der Waals surface area (Å²) in [5, 5.41) is 5.55. The highest BCUT2D eigenvalue weighted by molar-refractivity contribution is 6.05. The first-order valence-corrected chi connectivity index (χ1v) is 8.03. The van der Waals surface area contributed by atoms with Crippen molar-refractivity contribution < 1.29 is 43.5 Å². The molecule has 0 saturated carbocycles. The van der Waals surface area contributed by atoms with E-state index in [9.17, 15) is 9.59 Å². The smallest absolute Gasteiger partial charge is 0.357 e. The molecule has 3 rings (SSSR count). The van der Waals surface area contributed by atoms with Gasteiger partial charge in [0.2, 0.25) is 0 Å². The van der Waals surface area contributed by atoms with E-state index in [0.29, 0.717) is 11.6 Å². The van der Waals surface area contributed by atoms with E-state index in [1.165, 1.54) is 0 Å². The number of carbonyl (C=O) groups is 2. The lowest BCUT2D eigenvalue weighted by atomic mass is 10.2. The highest BCUT2D eigenvalue weighted by atomic mass is 35.5. The number of anilines is 2. The molecular formula is C19H19Cl2N5O2. The molecule has 28 heavy (non-hydrogen) atoms. The molecule has 0 aliphatic heterocycles. The summed E-state index contributed by atoms with van der Waals surface area (Å²) in [7, 11) is 3.65. The lowest BCUT2D eigenvalue weighted by Gasteiger charge is -2.03. The number of pyridine rings is 3. The number of hydrogen-bond donors (Lipinski definition) is 2. The van der Waals surface area contributed by atoms with Crippen LogP contribution in [0.1, 0.15) is 21.0 Å². The number of aryl methyl sites for hydroxylation is 2. The first-order chi connectivity index (χ1) is 12.5. The normalized spacial score (nSPS) is 9.50. The van der Waals surface area contributed by atoms with Crippen molar-refractivity contribution in [3.63, 3.8) is 0 Å². The summed E-state index contributed by atoms with van der Waals surface area (Å²) in [5.74, 6) is 0.495. The molecule has 7 nitrogen and oxygen atoms in total. The Bertz CT molecular complexity index is 907. The molecule has 3 heterocycles. The van der Waals surface area contributed by atoms with E-state index in [2.05, 4.69) is 15.6 Å². The maximum absolute atomic E-state index is 12.4. The van der Waals surface area contributed by atoms with E-state index in [-0.39, 0.29) is 48.0 Å². The van der Waals surface area contributed by atoms with Gasteiger partial charge in [-0.3, -0.25) is 0 Å². The van der Waals surface area contributed by atoms with Gasteiger partial charge in [0.05, 0.1) is 26.5 Å². The van der Waals surface area contributed by atoms with Gasteiger partial charge >= 0.3 is 11.8 Å². The fourth-order valence-electron chi connectivity index (χ4n) is 2.35. The third kappa shape index (κ3) is 5.48.